The van der Waals surface area contributed by atoms with Crippen molar-refractivity contribution >= 4 is 11.6 Å². The quantitative estimate of drug-likeness (QED) is 0.625. The van der Waals surface area contributed by atoms with Crippen LogP contribution in [0.5, 0.6) is 0 Å². The molecule has 1 heterocycles. The van der Waals surface area contributed by atoms with Crippen molar-refractivity contribution in [3.8, 4) is 0 Å². The number of nitro groups is 1. The largest absolute Gasteiger partial charge is 0.379 e. The van der Waals surface area contributed by atoms with Crippen LogP contribution in [0.4, 0.5) is 5.69 Å². The number of benzene rings is 1. The lowest BCUT2D eigenvalue weighted by Crippen LogP contribution is -2.47. The van der Waals surface area contributed by atoms with E-state index in [1.807, 2.05) is 0 Å². The van der Waals surface area contributed by atoms with Crippen molar-refractivity contribution in [1.82, 2.24) is 10.2 Å². The van der Waals surface area contributed by atoms with E-state index in [0.29, 0.717) is 6.54 Å². The fourth-order valence-electron chi connectivity index (χ4n) is 2.39. The summed E-state index contributed by atoms with van der Waals surface area (Å²) in [6.07, 6.45) is 0.230. The maximum atomic E-state index is 11.9. The third kappa shape index (κ3) is 4.78. The van der Waals surface area contributed by atoms with Crippen LogP contribution >= 0.6 is 0 Å². The minimum absolute atomic E-state index is 0.0325. The number of rotatable bonds is 6. The predicted molar refractivity (Wildman–Crippen MR) is 81.7 cm³/mol. The smallest absolute Gasteiger partial charge is 0.269 e. The van der Waals surface area contributed by atoms with Crippen LogP contribution in [0.25, 0.3) is 0 Å². The highest BCUT2D eigenvalue weighted by atomic mass is 16.6. The van der Waals surface area contributed by atoms with Crippen LogP contribution in [0, 0.1) is 10.1 Å². The molecule has 7 nitrogen and oxygen atoms in total. The molecule has 1 N–H and O–H groups in total. The average molecular weight is 307 g/mol. The molecule has 0 bridgehead atoms. The number of nitro benzene ring substituents is 1. The van der Waals surface area contributed by atoms with E-state index in [1.54, 1.807) is 12.1 Å². The summed E-state index contributed by atoms with van der Waals surface area (Å²) in [5.74, 6) is -0.0750. The van der Waals surface area contributed by atoms with Gasteiger partial charge in [0, 0.05) is 37.8 Å². The summed E-state index contributed by atoms with van der Waals surface area (Å²) in [6.45, 7) is 5.92. The molecule has 0 radical (unpaired) electrons. The molecule has 120 valence electrons. The van der Waals surface area contributed by atoms with E-state index < -0.39 is 4.92 Å². The third-order valence-corrected chi connectivity index (χ3v) is 3.78. The first-order valence-electron chi connectivity index (χ1n) is 7.38. The molecule has 0 aliphatic carbocycles. The van der Waals surface area contributed by atoms with Gasteiger partial charge in [0.15, 0.2) is 0 Å². The first-order chi connectivity index (χ1) is 10.6. The summed E-state index contributed by atoms with van der Waals surface area (Å²) in [7, 11) is 0. The van der Waals surface area contributed by atoms with Crippen LogP contribution < -0.4 is 5.32 Å². The van der Waals surface area contributed by atoms with E-state index in [2.05, 4.69) is 17.1 Å². The van der Waals surface area contributed by atoms with Crippen molar-refractivity contribution in [2.45, 2.75) is 19.4 Å². The van der Waals surface area contributed by atoms with E-state index in [9.17, 15) is 14.9 Å². The van der Waals surface area contributed by atoms with Crippen LogP contribution in [0.3, 0.4) is 0 Å². The summed E-state index contributed by atoms with van der Waals surface area (Å²) in [5, 5.41) is 13.5. The monoisotopic (exact) mass is 307 g/mol. The lowest BCUT2D eigenvalue weighted by molar-refractivity contribution is -0.384. The van der Waals surface area contributed by atoms with Crippen molar-refractivity contribution in [3.05, 3.63) is 39.9 Å². The molecule has 2 rings (SSSR count). The molecule has 1 fully saturated rings. The lowest BCUT2D eigenvalue weighted by Gasteiger charge is -2.32. The molecule has 7 heteroatoms. The van der Waals surface area contributed by atoms with Gasteiger partial charge in [-0.25, -0.2) is 0 Å². The number of carbonyl (C=O) groups excluding carboxylic acids is 1. The molecule has 1 saturated heterocycles. The van der Waals surface area contributed by atoms with Gasteiger partial charge in [0.25, 0.3) is 5.69 Å². The van der Waals surface area contributed by atoms with Gasteiger partial charge in [-0.05, 0) is 12.5 Å². The lowest BCUT2D eigenvalue weighted by atomic mass is 10.1. The fourth-order valence-corrected chi connectivity index (χ4v) is 2.39. The second-order valence-electron chi connectivity index (χ2n) is 5.40. The summed E-state index contributed by atoms with van der Waals surface area (Å²) < 4.78 is 5.30. The molecule has 1 aromatic carbocycles. The maximum absolute atomic E-state index is 11.9. The van der Waals surface area contributed by atoms with Crippen LogP contribution in [-0.4, -0.2) is 54.6 Å². The van der Waals surface area contributed by atoms with Crippen molar-refractivity contribution < 1.29 is 14.5 Å². The van der Waals surface area contributed by atoms with Crippen molar-refractivity contribution in [2.75, 3.05) is 32.8 Å². The fraction of sp³-hybridized carbons (Fsp3) is 0.533. The molecule has 1 aliphatic rings. The standard InChI is InChI=1S/C15H21N3O4/c1-12(17-6-8-22-9-7-17)11-16-15(19)10-13-2-4-14(5-3-13)18(20)21/h2-5,12H,6-11H2,1H3,(H,16,19)/t12-/m0/s1. The van der Waals surface area contributed by atoms with Crippen molar-refractivity contribution in [3.63, 3.8) is 0 Å². The molecule has 0 saturated carbocycles. The number of nitrogens with zero attached hydrogens (tertiary/aromatic N) is 2. The summed E-state index contributed by atoms with van der Waals surface area (Å²) in [4.78, 5) is 24.3. The number of carbonyl (C=O) groups is 1. The Morgan fingerprint density at radius 1 is 1.36 bits per heavy atom. The Balaban J connectivity index is 1.76. The minimum Gasteiger partial charge on any atom is -0.379 e. The second-order valence-corrected chi connectivity index (χ2v) is 5.40. The Labute approximate surface area is 129 Å². The molecular formula is C15H21N3O4. The maximum Gasteiger partial charge on any atom is 0.269 e. The van der Waals surface area contributed by atoms with Gasteiger partial charge in [-0.3, -0.25) is 19.8 Å². The van der Waals surface area contributed by atoms with Gasteiger partial charge in [0.2, 0.25) is 5.91 Å². The molecule has 1 aliphatic heterocycles. The van der Waals surface area contributed by atoms with E-state index in [-0.39, 0.29) is 24.1 Å². The Hall–Kier alpha value is -1.99. The average Bonchev–Trinajstić information content (AvgIpc) is 2.54. The van der Waals surface area contributed by atoms with Gasteiger partial charge in [0.05, 0.1) is 24.6 Å². The van der Waals surface area contributed by atoms with Gasteiger partial charge in [-0.1, -0.05) is 12.1 Å². The van der Waals surface area contributed by atoms with Crippen LogP contribution in [0.15, 0.2) is 24.3 Å². The second kappa shape index (κ2) is 7.86. The van der Waals surface area contributed by atoms with Crippen LogP contribution in [0.1, 0.15) is 12.5 Å². The van der Waals surface area contributed by atoms with E-state index in [1.165, 1.54) is 12.1 Å². The Bertz CT molecular complexity index is 512. The zero-order valence-electron chi connectivity index (χ0n) is 12.7. The van der Waals surface area contributed by atoms with Crippen molar-refractivity contribution in [1.29, 1.82) is 0 Å². The zero-order chi connectivity index (χ0) is 15.9. The first kappa shape index (κ1) is 16.4. The van der Waals surface area contributed by atoms with Crippen molar-refractivity contribution in [2.24, 2.45) is 0 Å². The summed E-state index contributed by atoms with van der Waals surface area (Å²) in [5.41, 5.74) is 0.798. The number of hydrogen-bond donors (Lipinski definition) is 1. The van der Waals surface area contributed by atoms with Gasteiger partial charge in [-0.2, -0.15) is 0 Å². The normalized spacial score (nSPS) is 17.0. The molecule has 1 aromatic rings. The number of hydrogen-bond acceptors (Lipinski definition) is 5. The summed E-state index contributed by atoms with van der Waals surface area (Å²) in [6, 6.07) is 6.33. The van der Waals surface area contributed by atoms with E-state index >= 15 is 0 Å². The number of amides is 1. The highest BCUT2D eigenvalue weighted by molar-refractivity contribution is 5.78. The highest BCUT2D eigenvalue weighted by Gasteiger charge is 2.17. The van der Waals surface area contributed by atoms with Gasteiger partial charge in [-0.15, -0.1) is 0 Å². The highest BCUT2D eigenvalue weighted by Crippen LogP contribution is 2.12. The topological polar surface area (TPSA) is 84.7 Å². The number of ether oxygens (including phenoxy) is 1. The number of non-ortho nitro benzene ring substituents is 1. The Morgan fingerprint density at radius 3 is 2.59 bits per heavy atom. The number of nitrogens with one attached hydrogen (secondary N) is 1. The predicted octanol–water partition coefficient (Wildman–Crippen LogP) is 0.974. The van der Waals surface area contributed by atoms with Gasteiger partial charge >= 0.3 is 0 Å². The first-order valence-corrected chi connectivity index (χ1v) is 7.38. The Morgan fingerprint density at radius 2 is 2.00 bits per heavy atom. The molecule has 1 amide bonds. The molecule has 0 aromatic heterocycles. The summed E-state index contributed by atoms with van der Waals surface area (Å²) >= 11 is 0. The Kier molecular flexibility index (Phi) is 5.85. The minimum atomic E-state index is -0.451. The molecule has 0 unspecified atom stereocenters. The van der Waals surface area contributed by atoms with Gasteiger partial charge in [0.1, 0.15) is 0 Å². The van der Waals surface area contributed by atoms with Crippen LogP contribution in [0.2, 0.25) is 0 Å². The molecule has 1 atom stereocenters. The van der Waals surface area contributed by atoms with E-state index in [4.69, 9.17) is 4.74 Å². The van der Waals surface area contributed by atoms with Gasteiger partial charge < -0.3 is 10.1 Å². The van der Waals surface area contributed by atoms with Crippen LogP contribution in [-0.2, 0) is 16.0 Å². The molecule has 22 heavy (non-hydrogen) atoms. The third-order valence-electron chi connectivity index (χ3n) is 3.78. The number of morpholine rings is 1. The molecular weight excluding hydrogens is 286 g/mol. The zero-order valence-corrected chi connectivity index (χ0v) is 12.7. The molecule has 0 spiro atoms. The van der Waals surface area contributed by atoms with E-state index in [0.717, 1.165) is 31.9 Å². The SMILES string of the molecule is C[C@@H](CNC(=O)Cc1ccc([N+](=O)[O-])cc1)N1CCOCC1.